The molecule has 2 N–H and O–H groups in total. The van der Waals surface area contributed by atoms with E-state index in [0.717, 1.165) is 37.1 Å². The van der Waals surface area contributed by atoms with Crippen LogP contribution < -0.4 is 10.6 Å². The van der Waals surface area contributed by atoms with Crippen LogP contribution in [-0.4, -0.2) is 50.1 Å². The lowest BCUT2D eigenvalue weighted by Crippen LogP contribution is -2.46. The summed E-state index contributed by atoms with van der Waals surface area (Å²) in [5, 5.41) is 8.93. The van der Waals surface area contributed by atoms with E-state index in [1.165, 1.54) is 10.9 Å². The predicted octanol–water partition coefficient (Wildman–Crippen LogP) is 1.06. The van der Waals surface area contributed by atoms with Crippen molar-refractivity contribution in [1.82, 2.24) is 30.2 Å². The van der Waals surface area contributed by atoms with Gasteiger partial charge in [-0.2, -0.15) is 4.98 Å². The van der Waals surface area contributed by atoms with Crippen LogP contribution >= 0.6 is 0 Å². The number of fused-ring (bicyclic) bond motifs is 1. The Morgan fingerprint density at radius 3 is 2.67 bits per heavy atom. The summed E-state index contributed by atoms with van der Waals surface area (Å²) < 4.78 is 6.30. The zero-order valence-corrected chi connectivity index (χ0v) is 15.3. The molecule has 0 spiro atoms. The molecule has 3 amide bonds. The van der Waals surface area contributed by atoms with Crippen LogP contribution in [0.3, 0.4) is 0 Å². The molecule has 1 aliphatic carbocycles. The summed E-state index contributed by atoms with van der Waals surface area (Å²) in [6.07, 6.45) is 5.11. The minimum Gasteiger partial charge on any atom is -0.450 e. The predicted molar refractivity (Wildman–Crippen MR) is 94.1 cm³/mol. The molecule has 2 heterocycles. The van der Waals surface area contributed by atoms with Crippen molar-refractivity contribution in [1.29, 1.82) is 0 Å². The van der Waals surface area contributed by atoms with Crippen molar-refractivity contribution in [2.24, 2.45) is 0 Å². The fourth-order valence-electron chi connectivity index (χ4n) is 3.08. The first-order valence-electron chi connectivity index (χ1n) is 8.91. The third kappa shape index (κ3) is 4.78. The Balaban J connectivity index is 1.50. The number of urea groups is 1. The minimum atomic E-state index is -0.861. The molecule has 0 radical (unpaired) electrons. The monoisotopic (exact) mass is 374 g/mol. The van der Waals surface area contributed by atoms with Crippen molar-refractivity contribution >= 4 is 23.7 Å². The second-order valence-electron chi connectivity index (χ2n) is 6.62. The fraction of sp³-hybridized carbons (Fsp3) is 0.529. The molecule has 1 fully saturated rings. The molecular weight excluding hydrogens is 352 g/mol. The Morgan fingerprint density at radius 1 is 1.19 bits per heavy atom. The third-order valence-electron chi connectivity index (χ3n) is 4.33. The normalized spacial score (nSPS) is 14.7. The molecule has 2 aromatic heterocycles. The summed E-state index contributed by atoms with van der Waals surface area (Å²) in [4.78, 5) is 43.8. The summed E-state index contributed by atoms with van der Waals surface area (Å²) in [5.74, 6) is -1.50. The van der Waals surface area contributed by atoms with Crippen LogP contribution in [0.2, 0.25) is 0 Å². The number of carbonyl (C=O) groups excluding carboxylic acids is 3. The maximum Gasteiger partial charge on any atom is 0.378 e. The van der Waals surface area contributed by atoms with Crippen molar-refractivity contribution in [2.45, 2.75) is 52.0 Å². The Labute approximate surface area is 155 Å². The van der Waals surface area contributed by atoms with Gasteiger partial charge in [-0.05, 0) is 32.8 Å². The standard InChI is InChI=1S/C17H22N6O4/c1-10-8-11(2)23-16(18-10)21-14(22-23)15(25)27-9-13(24)20-17(26)19-12-6-4-3-5-7-12/h8,12H,3-7,9H2,1-2H3,(H2,19,20,24,26). The highest BCUT2D eigenvalue weighted by atomic mass is 16.5. The largest absolute Gasteiger partial charge is 0.450 e. The molecule has 0 aliphatic heterocycles. The molecule has 0 atom stereocenters. The number of hydrogen-bond donors (Lipinski definition) is 2. The van der Waals surface area contributed by atoms with E-state index in [9.17, 15) is 14.4 Å². The lowest BCUT2D eigenvalue weighted by molar-refractivity contribution is -0.123. The number of hydrogen-bond acceptors (Lipinski definition) is 7. The first-order valence-corrected chi connectivity index (χ1v) is 8.91. The summed E-state index contributed by atoms with van der Waals surface area (Å²) in [6.45, 7) is 3.02. The minimum absolute atomic E-state index is 0.0791. The van der Waals surface area contributed by atoms with Crippen LogP contribution in [0.1, 0.15) is 54.1 Å². The highest BCUT2D eigenvalue weighted by Crippen LogP contribution is 2.17. The van der Waals surface area contributed by atoms with E-state index in [4.69, 9.17) is 4.74 Å². The van der Waals surface area contributed by atoms with E-state index in [-0.39, 0.29) is 17.6 Å². The third-order valence-corrected chi connectivity index (χ3v) is 4.33. The topological polar surface area (TPSA) is 128 Å². The van der Waals surface area contributed by atoms with Crippen LogP contribution in [-0.2, 0) is 9.53 Å². The number of nitrogens with one attached hydrogen (secondary N) is 2. The van der Waals surface area contributed by atoms with Gasteiger partial charge in [0.25, 0.3) is 17.5 Å². The van der Waals surface area contributed by atoms with Crippen molar-refractivity contribution in [3.05, 3.63) is 23.3 Å². The van der Waals surface area contributed by atoms with Gasteiger partial charge in [-0.25, -0.2) is 19.1 Å². The number of imide groups is 1. The average molecular weight is 374 g/mol. The molecule has 2 aromatic rings. The van der Waals surface area contributed by atoms with Gasteiger partial charge in [0.1, 0.15) is 0 Å². The van der Waals surface area contributed by atoms with Gasteiger partial charge in [0, 0.05) is 17.4 Å². The Kier molecular flexibility index (Phi) is 5.63. The van der Waals surface area contributed by atoms with Gasteiger partial charge in [-0.15, -0.1) is 5.10 Å². The first kappa shape index (κ1) is 18.7. The maximum atomic E-state index is 12.0. The molecule has 0 unspecified atom stereocenters. The second kappa shape index (κ2) is 8.11. The molecule has 10 heteroatoms. The van der Waals surface area contributed by atoms with Crippen LogP contribution in [0.15, 0.2) is 6.07 Å². The van der Waals surface area contributed by atoms with Crippen LogP contribution in [0, 0.1) is 13.8 Å². The van der Waals surface area contributed by atoms with E-state index in [1.807, 2.05) is 13.8 Å². The quantitative estimate of drug-likeness (QED) is 0.766. The zero-order valence-electron chi connectivity index (χ0n) is 15.3. The van der Waals surface area contributed by atoms with E-state index in [1.54, 1.807) is 6.07 Å². The number of esters is 1. The van der Waals surface area contributed by atoms with Gasteiger partial charge in [0.2, 0.25) is 0 Å². The zero-order chi connectivity index (χ0) is 19.4. The fourth-order valence-corrected chi connectivity index (χ4v) is 3.08. The number of aromatic nitrogens is 4. The highest BCUT2D eigenvalue weighted by Gasteiger charge is 2.20. The highest BCUT2D eigenvalue weighted by molar-refractivity contribution is 5.96. The number of nitrogens with zero attached hydrogens (tertiary/aromatic N) is 4. The van der Waals surface area contributed by atoms with E-state index >= 15 is 0 Å². The summed E-state index contributed by atoms with van der Waals surface area (Å²) in [5.41, 5.74) is 1.51. The molecule has 144 valence electrons. The number of ether oxygens (including phenoxy) is 1. The van der Waals surface area contributed by atoms with Gasteiger partial charge in [0.15, 0.2) is 6.61 Å². The van der Waals surface area contributed by atoms with Gasteiger partial charge < -0.3 is 10.1 Å². The molecule has 0 aromatic carbocycles. The van der Waals surface area contributed by atoms with Gasteiger partial charge in [-0.1, -0.05) is 19.3 Å². The number of aryl methyl sites for hydroxylation is 2. The molecule has 1 saturated carbocycles. The van der Waals surface area contributed by atoms with Crippen molar-refractivity contribution in [3.8, 4) is 0 Å². The van der Waals surface area contributed by atoms with Crippen LogP contribution in [0.25, 0.3) is 5.78 Å². The Hall–Kier alpha value is -3.04. The SMILES string of the molecule is Cc1cc(C)n2nc(C(=O)OCC(=O)NC(=O)NC3CCCCC3)nc2n1. The maximum absolute atomic E-state index is 12.0. The van der Waals surface area contributed by atoms with Crippen molar-refractivity contribution < 1.29 is 19.1 Å². The molecule has 0 bridgehead atoms. The average Bonchev–Trinajstić information content (AvgIpc) is 3.05. The van der Waals surface area contributed by atoms with E-state index < -0.39 is 24.5 Å². The molecule has 0 saturated heterocycles. The van der Waals surface area contributed by atoms with Crippen molar-refractivity contribution in [2.75, 3.05) is 6.61 Å². The first-order chi connectivity index (χ1) is 12.9. The molecule has 1 aliphatic rings. The molecule has 10 nitrogen and oxygen atoms in total. The number of amides is 3. The molecule has 3 rings (SSSR count). The number of rotatable bonds is 4. The number of carbonyl (C=O) groups is 3. The van der Waals surface area contributed by atoms with E-state index in [2.05, 4.69) is 25.7 Å². The van der Waals surface area contributed by atoms with Gasteiger partial charge in [-0.3, -0.25) is 10.1 Å². The summed E-state index contributed by atoms with van der Waals surface area (Å²) in [6, 6.07) is 1.30. The molecular formula is C17H22N6O4. The smallest absolute Gasteiger partial charge is 0.378 e. The van der Waals surface area contributed by atoms with Gasteiger partial charge >= 0.3 is 12.0 Å². The Bertz CT molecular complexity index is 872. The Morgan fingerprint density at radius 2 is 1.93 bits per heavy atom. The second-order valence-corrected chi connectivity index (χ2v) is 6.62. The lowest BCUT2D eigenvalue weighted by atomic mass is 9.96. The van der Waals surface area contributed by atoms with Crippen molar-refractivity contribution in [3.63, 3.8) is 0 Å². The van der Waals surface area contributed by atoms with Crippen LogP contribution in [0.5, 0.6) is 0 Å². The van der Waals surface area contributed by atoms with Crippen LogP contribution in [0.4, 0.5) is 4.79 Å². The lowest BCUT2D eigenvalue weighted by Gasteiger charge is -2.22. The van der Waals surface area contributed by atoms with E-state index in [0.29, 0.717) is 0 Å². The summed E-state index contributed by atoms with van der Waals surface area (Å²) >= 11 is 0. The van der Waals surface area contributed by atoms with Gasteiger partial charge in [0.05, 0.1) is 0 Å². The summed E-state index contributed by atoms with van der Waals surface area (Å²) in [7, 11) is 0. The molecule has 27 heavy (non-hydrogen) atoms.